The minimum Gasteiger partial charge on any atom is -0.481 e. The van der Waals surface area contributed by atoms with E-state index in [0.717, 1.165) is 11.3 Å². The molecular weight excluding hydrogens is 316 g/mol. The summed E-state index contributed by atoms with van der Waals surface area (Å²) < 4.78 is 0. The summed E-state index contributed by atoms with van der Waals surface area (Å²) in [5, 5.41) is 11.1. The second-order valence-corrected chi connectivity index (χ2v) is 6.93. The standard InChI is InChI=1S/C16H18N2O4S/c1-2-11-6-10(7-23-11)14(19)17-18-15(20)12-8-3-4-9(5-8)13(12)16(21)22/h3-4,6-9,12-13H,2,5H2,1H3,(H,17,19)(H,18,20)(H,21,22)/t8-,9-,12-,13-/m0/s1. The Morgan fingerprint density at radius 1 is 1.22 bits per heavy atom. The maximum absolute atomic E-state index is 12.3. The number of carboxylic acid groups (broad SMARTS) is 1. The molecule has 1 fully saturated rings. The van der Waals surface area contributed by atoms with Gasteiger partial charge in [-0.3, -0.25) is 25.2 Å². The molecule has 3 N–H and O–H groups in total. The van der Waals surface area contributed by atoms with Crippen LogP contribution in [0.5, 0.6) is 0 Å². The number of amides is 2. The van der Waals surface area contributed by atoms with Crippen LogP contribution < -0.4 is 10.9 Å². The number of carboxylic acids is 1. The van der Waals surface area contributed by atoms with Gasteiger partial charge in [0.15, 0.2) is 0 Å². The fourth-order valence-electron chi connectivity index (χ4n) is 3.48. The molecule has 2 amide bonds. The van der Waals surface area contributed by atoms with E-state index < -0.39 is 23.7 Å². The van der Waals surface area contributed by atoms with Crippen LogP contribution in [-0.4, -0.2) is 22.9 Å². The number of hydrogen-bond acceptors (Lipinski definition) is 4. The molecule has 7 heteroatoms. The van der Waals surface area contributed by atoms with Crippen molar-refractivity contribution in [3.63, 3.8) is 0 Å². The molecule has 1 aromatic rings. The Bertz CT molecular complexity index is 681. The Morgan fingerprint density at radius 3 is 2.52 bits per heavy atom. The monoisotopic (exact) mass is 334 g/mol. The number of fused-ring (bicyclic) bond motifs is 2. The second kappa shape index (κ2) is 6.16. The highest BCUT2D eigenvalue weighted by Crippen LogP contribution is 2.48. The molecule has 0 saturated heterocycles. The highest BCUT2D eigenvalue weighted by atomic mass is 32.1. The SMILES string of the molecule is CCc1cc(C(=O)NNC(=O)[C@@H]2[C@@H](C(=O)O)[C@H]3C=C[C@H]2C3)cs1. The largest absolute Gasteiger partial charge is 0.481 e. The first-order valence-corrected chi connectivity index (χ1v) is 8.48. The molecule has 6 nitrogen and oxygen atoms in total. The molecule has 1 heterocycles. The van der Waals surface area contributed by atoms with Gasteiger partial charge in [0, 0.05) is 10.3 Å². The van der Waals surface area contributed by atoms with E-state index in [9.17, 15) is 19.5 Å². The number of carbonyl (C=O) groups excluding carboxylic acids is 2. The molecule has 2 bridgehead atoms. The lowest BCUT2D eigenvalue weighted by molar-refractivity contribution is -0.148. The third-order valence-corrected chi connectivity index (χ3v) is 5.69. The second-order valence-electron chi connectivity index (χ2n) is 5.94. The molecule has 2 aliphatic carbocycles. The summed E-state index contributed by atoms with van der Waals surface area (Å²) in [6.07, 6.45) is 5.32. The van der Waals surface area contributed by atoms with Crippen molar-refractivity contribution in [3.05, 3.63) is 34.0 Å². The van der Waals surface area contributed by atoms with Crippen molar-refractivity contribution in [1.29, 1.82) is 0 Å². The van der Waals surface area contributed by atoms with Gasteiger partial charge < -0.3 is 5.11 Å². The van der Waals surface area contributed by atoms with Crippen molar-refractivity contribution in [2.24, 2.45) is 23.7 Å². The number of allylic oxidation sites excluding steroid dienone is 2. The Kier molecular flexibility index (Phi) is 4.21. The van der Waals surface area contributed by atoms with Gasteiger partial charge in [0.2, 0.25) is 5.91 Å². The zero-order chi connectivity index (χ0) is 16.6. The van der Waals surface area contributed by atoms with E-state index in [-0.39, 0.29) is 17.7 Å². The van der Waals surface area contributed by atoms with Gasteiger partial charge in [0.05, 0.1) is 17.4 Å². The fraction of sp³-hybridized carbons (Fsp3) is 0.438. The summed E-state index contributed by atoms with van der Waals surface area (Å²) in [6, 6.07) is 1.78. The molecular formula is C16H18N2O4S. The molecule has 0 aromatic carbocycles. The molecule has 0 spiro atoms. The molecule has 1 aromatic heterocycles. The highest BCUT2D eigenvalue weighted by molar-refractivity contribution is 7.10. The first-order valence-electron chi connectivity index (χ1n) is 7.60. The predicted molar refractivity (Wildman–Crippen MR) is 84.7 cm³/mol. The number of aliphatic carboxylic acids is 1. The summed E-state index contributed by atoms with van der Waals surface area (Å²) in [4.78, 5) is 36.8. The molecule has 1 saturated carbocycles. The summed E-state index contributed by atoms with van der Waals surface area (Å²) >= 11 is 1.49. The number of carbonyl (C=O) groups is 3. The van der Waals surface area contributed by atoms with Gasteiger partial charge >= 0.3 is 5.97 Å². The van der Waals surface area contributed by atoms with Crippen molar-refractivity contribution >= 4 is 29.1 Å². The van der Waals surface area contributed by atoms with Gasteiger partial charge in [-0.25, -0.2) is 0 Å². The average molecular weight is 334 g/mol. The summed E-state index contributed by atoms with van der Waals surface area (Å²) in [5.74, 6) is -3.28. The number of aryl methyl sites for hydroxylation is 1. The first kappa shape index (κ1) is 15.7. The molecule has 4 atom stereocenters. The Morgan fingerprint density at radius 2 is 1.91 bits per heavy atom. The van der Waals surface area contributed by atoms with Crippen LogP contribution in [0, 0.1) is 23.7 Å². The Hall–Kier alpha value is -2.15. The summed E-state index contributed by atoms with van der Waals surface area (Å²) in [6.45, 7) is 2.00. The molecule has 0 aliphatic heterocycles. The van der Waals surface area contributed by atoms with E-state index in [1.54, 1.807) is 11.4 Å². The van der Waals surface area contributed by atoms with Crippen LogP contribution >= 0.6 is 11.3 Å². The van der Waals surface area contributed by atoms with Gasteiger partial charge in [-0.2, -0.15) is 0 Å². The Balaban J connectivity index is 1.62. The van der Waals surface area contributed by atoms with E-state index in [1.165, 1.54) is 11.3 Å². The number of thiophene rings is 1. The number of nitrogens with one attached hydrogen (secondary N) is 2. The smallest absolute Gasteiger partial charge is 0.307 e. The fourth-order valence-corrected chi connectivity index (χ4v) is 4.29. The minimum atomic E-state index is -0.959. The lowest BCUT2D eigenvalue weighted by Gasteiger charge is -2.23. The van der Waals surface area contributed by atoms with Crippen molar-refractivity contribution in [2.75, 3.05) is 0 Å². The lowest BCUT2D eigenvalue weighted by Crippen LogP contribution is -2.48. The molecule has 0 radical (unpaired) electrons. The zero-order valence-electron chi connectivity index (χ0n) is 12.6. The summed E-state index contributed by atoms with van der Waals surface area (Å²) in [5.41, 5.74) is 5.27. The topological polar surface area (TPSA) is 95.5 Å². The van der Waals surface area contributed by atoms with Crippen LogP contribution in [0.4, 0.5) is 0 Å². The summed E-state index contributed by atoms with van der Waals surface area (Å²) in [7, 11) is 0. The van der Waals surface area contributed by atoms with Crippen LogP contribution in [0.3, 0.4) is 0 Å². The van der Waals surface area contributed by atoms with Crippen molar-refractivity contribution < 1.29 is 19.5 Å². The lowest BCUT2D eigenvalue weighted by atomic mass is 9.82. The number of rotatable bonds is 4. The van der Waals surface area contributed by atoms with E-state index in [0.29, 0.717) is 12.0 Å². The van der Waals surface area contributed by atoms with Crippen LogP contribution in [-0.2, 0) is 16.0 Å². The van der Waals surface area contributed by atoms with Gasteiger partial charge in [-0.1, -0.05) is 19.1 Å². The van der Waals surface area contributed by atoms with Gasteiger partial charge in [0.1, 0.15) is 0 Å². The van der Waals surface area contributed by atoms with E-state index in [2.05, 4.69) is 10.9 Å². The molecule has 23 heavy (non-hydrogen) atoms. The van der Waals surface area contributed by atoms with Crippen molar-refractivity contribution in [1.82, 2.24) is 10.9 Å². The third-order valence-electron chi connectivity index (χ3n) is 4.61. The molecule has 3 rings (SSSR count). The van der Waals surface area contributed by atoms with Crippen molar-refractivity contribution in [3.8, 4) is 0 Å². The van der Waals surface area contributed by atoms with E-state index in [1.807, 2.05) is 19.1 Å². The predicted octanol–water partition coefficient (Wildman–Crippen LogP) is 1.59. The van der Waals surface area contributed by atoms with Crippen LogP contribution in [0.15, 0.2) is 23.6 Å². The number of hydrogen-bond donors (Lipinski definition) is 3. The van der Waals surface area contributed by atoms with Crippen LogP contribution in [0.1, 0.15) is 28.6 Å². The maximum atomic E-state index is 12.3. The zero-order valence-corrected chi connectivity index (χ0v) is 13.4. The highest BCUT2D eigenvalue weighted by Gasteiger charge is 2.51. The van der Waals surface area contributed by atoms with Crippen molar-refractivity contribution in [2.45, 2.75) is 19.8 Å². The van der Waals surface area contributed by atoms with Gasteiger partial charge in [0.25, 0.3) is 5.91 Å². The van der Waals surface area contributed by atoms with Gasteiger partial charge in [-0.05, 0) is 30.7 Å². The first-order chi connectivity index (χ1) is 11.0. The van der Waals surface area contributed by atoms with Gasteiger partial charge in [-0.15, -0.1) is 11.3 Å². The van der Waals surface area contributed by atoms with E-state index >= 15 is 0 Å². The van der Waals surface area contributed by atoms with Crippen LogP contribution in [0.25, 0.3) is 0 Å². The van der Waals surface area contributed by atoms with E-state index in [4.69, 9.17) is 0 Å². The molecule has 0 unspecified atom stereocenters. The quantitative estimate of drug-likeness (QED) is 0.575. The number of hydrazine groups is 1. The average Bonchev–Trinajstić information content (AvgIpc) is 3.25. The van der Waals surface area contributed by atoms with Crippen LogP contribution in [0.2, 0.25) is 0 Å². The molecule has 122 valence electrons. The maximum Gasteiger partial charge on any atom is 0.307 e. The minimum absolute atomic E-state index is 0.0640. The third kappa shape index (κ3) is 2.88. The normalized spacial score (nSPS) is 27.9. The molecule has 2 aliphatic rings. The Labute approximate surface area is 137 Å².